The average molecular weight is 359 g/mol. The van der Waals surface area contributed by atoms with Crippen LogP contribution in [0.4, 0.5) is 0 Å². The van der Waals surface area contributed by atoms with Gasteiger partial charge in [0.15, 0.2) is 0 Å². The average Bonchev–Trinajstić information content (AvgIpc) is 3.22. The van der Waals surface area contributed by atoms with Crippen molar-refractivity contribution in [1.82, 2.24) is 13.9 Å². The van der Waals surface area contributed by atoms with Crippen LogP contribution in [0.25, 0.3) is 5.69 Å². The summed E-state index contributed by atoms with van der Waals surface area (Å²) in [5.74, 6) is 0.842. The second-order valence-electron chi connectivity index (χ2n) is 8.31. The molecule has 2 fully saturated rings. The summed E-state index contributed by atoms with van der Waals surface area (Å²) < 4.78 is 4.63. The minimum absolute atomic E-state index is 0.0764. The lowest BCUT2D eigenvalue weighted by atomic mass is 9.77. The highest BCUT2D eigenvalue weighted by Gasteiger charge is 2.67. The first-order chi connectivity index (χ1) is 13.1. The summed E-state index contributed by atoms with van der Waals surface area (Å²) in [6, 6.07) is 18.0. The number of fused-ring (bicyclic) bond motifs is 6. The molecule has 3 atom stereocenters. The second-order valence-corrected chi connectivity index (χ2v) is 8.31. The van der Waals surface area contributed by atoms with Gasteiger partial charge in [-0.2, -0.15) is 0 Å². The number of benzene rings is 2. The van der Waals surface area contributed by atoms with Gasteiger partial charge in [-0.05, 0) is 48.4 Å². The Labute approximate surface area is 156 Å². The third kappa shape index (κ3) is 1.75. The van der Waals surface area contributed by atoms with E-state index in [-0.39, 0.29) is 22.8 Å². The topological polar surface area (TPSA) is 48.9 Å². The minimum atomic E-state index is -0.266. The molecular formula is C22H21N3O2. The van der Waals surface area contributed by atoms with E-state index in [2.05, 4.69) is 24.3 Å². The molecule has 3 aromatic rings. The largest absolute Gasteiger partial charge is 0.352 e. The quantitative estimate of drug-likeness (QED) is 0.706. The Morgan fingerprint density at radius 3 is 2.26 bits per heavy atom. The fourth-order valence-electron chi connectivity index (χ4n) is 5.98. The molecule has 1 aromatic heterocycles. The number of aromatic nitrogens is 3. The first-order valence-corrected chi connectivity index (χ1v) is 9.68. The van der Waals surface area contributed by atoms with Crippen molar-refractivity contribution in [3.05, 3.63) is 86.7 Å². The van der Waals surface area contributed by atoms with E-state index in [1.807, 2.05) is 30.3 Å². The summed E-state index contributed by atoms with van der Waals surface area (Å²) in [4.78, 5) is 26.4. The fourth-order valence-corrected chi connectivity index (χ4v) is 5.98. The molecule has 136 valence electrons. The zero-order chi connectivity index (χ0) is 18.3. The SMILES string of the molecule is Cn1c(=O)n(-c2ccccc2)c(=O)n1[C@@H]1[C@@H]2C[C@H](c3ccccc32)C12CC2. The summed E-state index contributed by atoms with van der Waals surface area (Å²) in [7, 11) is 1.73. The Kier molecular flexibility index (Phi) is 2.78. The van der Waals surface area contributed by atoms with Crippen molar-refractivity contribution in [2.75, 3.05) is 0 Å². The molecule has 1 heterocycles. The molecule has 0 unspecified atom stereocenters. The van der Waals surface area contributed by atoms with Gasteiger partial charge in [-0.1, -0.05) is 42.5 Å². The van der Waals surface area contributed by atoms with E-state index in [9.17, 15) is 9.59 Å². The Morgan fingerprint density at radius 1 is 0.889 bits per heavy atom. The monoisotopic (exact) mass is 359 g/mol. The van der Waals surface area contributed by atoms with Crippen molar-refractivity contribution in [3.8, 4) is 5.69 Å². The summed E-state index contributed by atoms with van der Waals surface area (Å²) in [5, 5.41) is 0. The van der Waals surface area contributed by atoms with E-state index < -0.39 is 0 Å². The maximum atomic E-state index is 13.4. The number of nitrogens with zero attached hydrogens (tertiary/aromatic N) is 3. The molecule has 2 aromatic carbocycles. The van der Waals surface area contributed by atoms with Crippen LogP contribution in [-0.2, 0) is 7.05 Å². The van der Waals surface area contributed by atoms with Gasteiger partial charge in [0.1, 0.15) is 0 Å². The molecule has 0 aliphatic heterocycles. The minimum Gasteiger partial charge on any atom is -0.246 e. The third-order valence-corrected chi connectivity index (χ3v) is 7.21. The van der Waals surface area contributed by atoms with Crippen LogP contribution in [0.1, 0.15) is 48.3 Å². The van der Waals surface area contributed by atoms with Gasteiger partial charge in [-0.25, -0.2) is 23.5 Å². The van der Waals surface area contributed by atoms with Crippen molar-refractivity contribution in [1.29, 1.82) is 0 Å². The highest BCUT2D eigenvalue weighted by molar-refractivity contribution is 5.47. The van der Waals surface area contributed by atoms with E-state index in [0.717, 1.165) is 19.3 Å². The first kappa shape index (κ1) is 15.3. The molecule has 0 radical (unpaired) electrons. The van der Waals surface area contributed by atoms with Crippen LogP contribution in [-0.4, -0.2) is 13.9 Å². The zero-order valence-electron chi connectivity index (χ0n) is 15.2. The Balaban J connectivity index is 1.58. The normalized spacial score (nSPS) is 26.5. The van der Waals surface area contributed by atoms with Gasteiger partial charge >= 0.3 is 11.4 Å². The van der Waals surface area contributed by atoms with Crippen molar-refractivity contribution in [3.63, 3.8) is 0 Å². The highest BCUT2D eigenvalue weighted by Crippen LogP contribution is 2.76. The fraction of sp³-hybridized carbons (Fsp3) is 0.364. The molecule has 0 amide bonds. The molecule has 2 bridgehead atoms. The van der Waals surface area contributed by atoms with Crippen LogP contribution in [0, 0.1) is 5.41 Å². The molecule has 27 heavy (non-hydrogen) atoms. The van der Waals surface area contributed by atoms with E-state index in [1.54, 1.807) is 16.4 Å². The molecule has 0 saturated heterocycles. The lowest BCUT2D eigenvalue weighted by molar-refractivity contribution is 0.245. The standard InChI is InChI=1S/C22H21N3O2/c1-23-20(26)24(14-7-3-2-4-8-14)21(27)25(23)19-17-13-18(22(19)11-12-22)16-10-6-5-9-15(16)17/h2-10,17-19H,11-13H2,1H3/t17-,18-,19-/m1/s1. The predicted molar refractivity (Wildman–Crippen MR) is 103 cm³/mol. The molecule has 6 rings (SSSR count). The van der Waals surface area contributed by atoms with Crippen molar-refractivity contribution >= 4 is 0 Å². The molecular weight excluding hydrogens is 338 g/mol. The lowest BCUT2D eigenvalue weighted by Crippen LogP contribution is -2.37. The first-order valence-electron chi connectivity index (χ1n) is 9.68. The molecule has 3 aliphatic carbocycles. The number of rotatable bonds is 2. The van der Waals surface area contributed by atoms with Gasteiger partial charge in [-0.15, -0.1) is 0 Å². The van der Waals surface area contributed by atoms with Gasteiger partial charge < -0.3 is 0 Å². The molecule has 0 N–H and O–H groups in total. The van der Waals surface area contributed by atoms with Crippen LogP contribution >= 0.6 is 0 Å². The number of hydrogen-bond acceptors (Lipinski definition) is 2. The molecule has 5 nitrogen and oxygen atoms in total. The van der Waals surface area contributed by atoms with Crippen LogP contribution in [0.3, 0.4) is 0 Å². The molecule has 2 saturated carbocycles. The Morgan fingerprint density at radius 2 is 1.56 bits per heavy atom. The zero-order valence-corrected chi connectivity index (χ0v) is 15.2. The highest BCUT2D eigenvalue weighted by atomic mass is 16.2. The molecule has 1 spiro atoms. The van der Waals surface area contributed by atoms with Gasteiger partial charge in [0, 0.05) is 18.4 Å². The van der Waals surface area contributed by atoms with E-state index >= 15 is 0 Å². The van der Waals surface area contributed by atoms with Gasteiger partial charge in [0.25, 0.3) is 0 Å². The van der Waals surface area contributed by atoms with Gasteiger partial charge in [-0.3, -0.25) is 0 Å². The predicted octanol–water partition coefficient (Wildman–Crippen LogP) is 2.94. The van der Waals surface area contributed by atoms with Crippen LogP contribution in [0.5, 0.6) is 0 Å². The number of hydrogen-bond donors (Lipinski definition) is 0. The maximum absolute atomic E-state index is 13.4. The molecule has 5 heteroatoms. The summed E-state index contributed by atoms with van der Waals surface area (Å²) >= 11 is 0. The lowest BCUT2D eigenvalue weighted by Gasteiger charge is -2.33. The number of para-hydroxylation sites is 1. The molecule has 3 aliphatic rings. The van der Waals surface area contributed by atoms with Gasteiger partial charge in [0.05, 0.1) is 11.7 Å². The van der Waals surface area contributed by atoms with E-state index in [0.29, 0.717) is 17.5 Å². The van der Waals surface area contributed by atoms with Crippen LogP contribution in [0.2, 0.25) is 0 Å². The van der Waals surface area contributed by atoms with Crippen molar-refractivity contribution in [2.45, 2.75) is 37.1 Å². The smallest absolute Gasteiger partial charge is 0.246 e. The maximum Gasteiger partial charge on any atom is 0.352 e. The summed E-state index contributed by atoms with van der Waals surface area (Å²) in [6.45, 7) is 0. The van der Waals surface area contributed by atoms with Crippen LogP contribution < -0.4 is 11.4 Å². The Bertz CT molecular complexity index is 1180. The van der Waals surface area contributed by atoms with E-state index in [1.165, 1.54) is 15.7 Å². The van der Waals surface area contributed by atoms with Crippen LogP contribution in [0.15, 0.2) is 64.2 Å². The Hall–Kier alpha value is -2.82. The summed E-state index contributed by atoms with van der Waals surface area (Å²) in [5.41, 5.74) is 3.15. The van der Waals surface area contributed by atoms with Crippen molar-refractivity contribution < 1.29 is 0 Å². The second kappa shape index (κ2) is 4.91. The van der Waals surface area contributed by atoms with E-state index in [4.69, 9.17) is 0 Å². The van der Waals surface area contributed by atoms with Gasteiger partial charge in [0.2, 0.25) is 0 Å². The van der Waals surface area contributed by atoms with Crippen molar-refractivity contribution in [2.24, 2.45) is 12.5 Å². The summed E-state index contributed by atoms with van der Waals surface area (Å²) in [6.07, 6.45) is 3.38. The third-order valence-electron chi connectivity index (χ3n) is 7.21.